The average molecular weight is 263 g/mol. The molecule has 0 aliphatic heterocycles. The van der Waals surface area contributed by atoms with Gasteiger partial charge in [0.25, 0.3) is 0 Å². The molecule has 0 aliphatic carbocycles. The lowest BCUT2D eigenvalue weighted by Crippen LogP contribution is -2.25. The fourth-order valence-corrected chi connectivity index (χ4v) is 1.27. The number of nitrogens with zero attached hydrogens (tertiary/aromatic N) is 2. The van der Waals surface area contributed by atoms with Gasteiger partial charge in [0, 0.05) is 18.5 Å². The molecule has 0 radical (unpaired) electrons. The lowest BCUT2D eigenvalue weighted by atomic mass is 10.2. The van der Waals surface area contributed by atoms with Crippen molar-refractivity contribution in [1.29, 1.82) is 0 Å². The molecule has 0 saturated carbocycles. The van der Waals surface area contributed by atoms with Gasteiger partial charge in [0.1, 0.15) is 11.6 Å². The van der Waals surface area contributed by atoms with Crippen molar-refractivity contribution in [1.82, 2.24) is 9.97 Å². The predicted molar refractivity (Wildman–Crippen MR) is 58.3 cm³/mol. The molecule has 1 rings (SSSR count). The zero-order chi connectivity index (χ0) is 13.9. The minimum Gasteiger partial charge on any atom is -0.384 e. The van der Waals surface area contributed by atoms with Gasteiger partial charge in [-0.2, -0.15) is 13.2 Å². The zero-order valence-corrected chi connectivity index (χ0v) is 9.45. The summed E-state index contributed by atoms with van der Waals surface area (Å²) in [6.45, 7) is 1.58. The van der Waals surface area contributed by atoms with Crippen LogP contribution in [0.15, 0.2) is 6.07 Å². The van der Waals surface area contributed by atoms with Gasteiger partial charge in [-0.3, -0.25) is 4.79 Å². The molecular weight excluding hydrogens is 251 g/mol. The van der Waals surface area contributed by atoms with Gasteiger partial charge < -0.3 is 16.8 Å². The van der Waals surface area contributed by atoms with Gasteiger partial charge >= 0.3 is 6.18 Å². The van der Waals surface area contributed by atoms with Crippen molar-refractivity contribution in [3.8, 4) is 0 Å². The van der Waals surface area contributed by atoms with Gasteiger partial charge in [0.15, 0.2) is 0 Å². The maximum atomic E-state index is 12.4. The Kier molecular flexibility index (Phi) is 3.94. The molecule has 1 aromatic heterocycles. The first kappa shape index (κ1) is 14.0. The standard InChI is InChI=1S/C9H12F3N5O/c1-4(2-6(14)18)15-7-3-5(13)16-8(17-7)9(10,11)12/h3-4H,2H2,1H3,(H2,14,18)(H3,13,15,16,17). The monoisotopic (exact) mass is 263 g/mol. The number of carbonyl (C=O) groups excluding carboxylic acids is 1. The summed E-state index contributed by atoms with van der Waals surface area (Å²) in [7, 11) is 0. The number of halogens is 3. The third-order valence-corrected chi connectivity index (χ3v) is 1.90. The van der Waals surface area contributed by atoms with Crippen molar-refractivity contribution in [2.75, 3.05) is 11.1 Å². The molecule has 0 fully saturated rings. The highest BCUT2D eigenvalue weighted by Gasteiger charge is 2.35. The number of aromatic nitrogens is 2. The molecule has 0 aliphatic rings. The summed E-state index contributed by atoms with van der Waals surface area (Å²) in [5, 5.41) is 2.59. The Balaban J connectivity index is 2.90. The van der Waals surface area contributed by atoms with Crippen molar-refractivity contribution >= 4 is 17.5 Å². The van der Waals surface area contributed by atoms with Crippen LogP contribution in [-0.2, 0) is 11.0 Å². The average Bonchev–Trinajstić information content (AvgIpc) is 2.13. The quantitative estimate of drug-likeness (QED) is 0.743. The molecule has 0 spiro atoms. The molecule has 5 N–H and O–H groups in total. The Labute approximate surface area is 101 Å². The van der Waals surface area contributed by atoms with Crippen LogP contribution in [0.3, 0.4) is 0 Å². The molecule has 1 heterocycles. The number of hydrogen-bond acceptors (Lipinski definition) is 5. The van der Waals surface area contributed by atoms with Crippen LogP contribution < -0.4 is 16.8 Å². The number of carbonyl (C=O) groups is 1. The first-order valence-corrected chi connectivity index (χ1v) is 4.95. The number of nitrogens with two attached hydrogens (primary N) is 2. The van der Waals surface area contributed by atoms with Gasteiger partial charge in [-0.25, -0.2) is 9.97 Å². The van der Waals surface area contributed by atoms with E-state index >= 15 is 0 Å². The number of hydrogen-bond donors (Lipinski definition) is 3. The summed E-state index contributed by atoms with van der Waals surface area (Å²) in [6.07, 6.45) is -4.72. The fourth-order valence-electron chi connectivity index (χ4n) is 1.27. The van der Waals surface area contributed by atoms with Crippen LogP contribution in [-0.4, -0.2) is 21.9 Å². The van der Waals surface area contributed by atoms with E-state index in [0.717, 1.165) is 6.07 Å². The Morgan fingerprint density at radius 1 is 1.50 bits per heavy atom. The number of anilines is 2. The first-order valence-electron chi connectivity index (χ1n) is 4.95. The van der Waals surface area contributed by atoms with Crippen LogP contribution in [0.5, 0.6) is 0 Å². The maximum absolute atomic E-state index is 12.4. The second-order valence-corrected chi connectivity index (χ2v) is 3.72. The molecule has 100 valence electrons. The van der Waals surface area contributed by atoms with E-state index < -0.39 is 23.9 Å². The molecule has 1 atom stereocenters. The molecule has 9 heteroatoms. The number of nitrogens with one attached hydrogen (secondary N) is 1. The first-order chi connectivity index (χ1) is 8.18. The van der Waals surface area contributed by atoms with Crippen LogP contribution in [0.2, 0.25) is 0 Å². The Bertz CT molecular complexity index is 448. The fraction of sp³-hybridized carbons (Fsp3) is 0.444. The van der Waals surface area contributed by atoms with E-state index in [1.54, 1.807) is 6.92 Å². The number of alkyl halides is 3. The van der Waals surface area contributed by atoms with E-state index in [1.165, 1.54) is 0 Å². The second kappa shape index (κ2) is 5.07. The highest BCUT2D eigenvalue weighted by atomic mass is 19.4. The number of rotatable bonds is 4. The molecule has 18 heavy (non-hydrogen) atoms. The molecule has 1 aromatic rings. The third kappa shape index (κ3) is 4.07. The largest absolute Gasteiger partial charge is 0.451 e. The second-order valence-electron chi connectivity index (χ2n) is 3.72. The number of primary amides is 1. The zero-order valence-electron chi connectivity index (χ0n) is 9.45. The number of amides is 1. The highest BCUT2D eigenvalue weighted by Crippen LogP contribution is 2.27. The summed E-state index contributed by atoms with van der Waals surface area (Å²) >= 11 is 0. The van der Waals surface area contributed by atoms with Crippen LogP contribution >= 0.6 is 0 Å². The molecule has 1 unspecified atom stereocenters. The Hall–Kier alpha value is -2.06. The van der Waals surface area contributed by atoms with Crippen molar-refractivity contribution in [2.24, 2.45) is 5.73 Å². The topological polar surface area (TPSA) is 107 Å². The van der Waals surface area contributed by atoms with Crippen LogP contribution in [0.4, 0.5) is 24.8 Å². The summed E-state index contributed by atoms with van der Waals surface area (Å²) in [6, 6.07) is 0.685. The third-order valence-electron chi connectivity index (χ3n) is 1.90. The van der Waals surface area contributed by atoms with E-state index in [0.29, 0.717) is 0 Å². The number of nitrogen functional groups attached to an aromatic ring is 1. The molecule has 0 saturated heterocycles. The van der Waals surface area contributed by atoms with E-state index in [-0.39, 0.29) is 18.1 Å². The van der Waals surface area contributed by atoms with Crippen LogP contribution in [0, 0.1) is 0 Å². The predicted octanol–water partition coefficient (Wildman–Crippen LogP) is 0.753. The van der Waals surface area contributed by atoms with E-state index in [9.17, 15) is 18.0 Å². The van der Waals surface area contributed by atoms with Crippen LogP contribution in [0.25, 0.3) is 0 Å². The van der Waals surface area contributed by atoms with E-state index in [4.69, 9.17) is 11.5 Å². The highest BCUT2D eigenvalue weighted by molar-refractivity contribution is 5.74. The van der Waals surface area contributed by atoms with Crippen molar-refractivity contribution in [3.05, 3.63) is 11.9 Å². The summed E-state index contributed by atoms with van der Waals surface area (Å²) in [4.78, 5) is 17.0. The molecule has 0 bridgehead atoms. The van der Waals surface area contributed by atoms with Crippen molar-refractivity contribution < 1.29 is 18.0 Å². The van der Waals surface area contributed by atoms with E-state index in [1.807, 2.05) is 0 Å². The lowest BCUT2D eigenvalue weighted by molar-refractivity contribution is -0.144. The van der Waals surface area contributed by atoms with Gasteiger partial charge in [-0.05, 0) is 6.92 Å². The molecule has 6 nitrogen and oxygen atoms in total. The lowest BCUT2D eigenvalue weighted by Gasteiger charge is -2.14. The van der Waals surface area contributed by atoms with Gasteiger partial charge in [0.2, 0.25) is 11.7 Å². The molecule has 1 amide bonds. The minimum absolute atomic E-state index is 0.0364. The van der Waals surface area contributed by atoms with E-state index in [2.05, 4.69) is 15.3 Å². The SMILES string of the molecule is CC(CC(N)=O)Nc1cc(N)nc(C(F)(F)F)n1. The van der Waals surface area contributed by atoms with Crippen molar-refractivity contribution in [2.45, 2.75) is 25.6 Å². The van der Waals surface area contributed by atoms with Gasteiger partial charge in [-0.1, -0.05) is 0 Å². The van der Waals surface area contributed by atoms with Crippen LogP contribution in [0.1, 0.15) is 19.2 Å². The smallest absolute Gasteiger partial charge is 0.384 e. The minimum atomic E-state index is -4.68. The summed E-state index contributed by atoms with van der Waals surface area (Å²) in [5.74, 6) is -2.33. The normalized spacial score (nSPS) is 13.1. The van der Waals surface area contributed by atoms with Gasteiger partial charge in [-0.15, -0.1) is 0 Å². The summed E-state index contributed by atoms with van der Waals surface area (Å²) in [5.41, 5.74) is 10.2. The van der Waals surface area contributed by atoms with Gasteiger partial charge in [0.05, 0.1) is 0 Å². The summed E-state index contributed by atoms with van der Waals surface area (Å²) < 4.78 is 37.2. The van der Waals surface area contributed by atoms with Crippen molar-refractivity contribution in [3.63, 3.8) is 0 Å². The molecule has 0 aromatic carbocycles. The molecular formula is C9H12F3N5O. The Morgan fingerprint density at radius 2 is 2.11 bits per heavy atom. The Morgan fingerprint density at radius 3 is 2.61 bits per heavy atom. The maximum Gasteiger partial charge on any atom is 0.451 e.